The van der Waals surface area contributed by atoms with Gasteiger partial charge in [-0.2, -0.15) is 8.78 Å². The first-order valence-corrected chi connectivity index (χ1v) is 17.6. The van der Waals surface area contributed by atoms with E-state index in [4.69, 9.17) is 13.9 Å². The normalized spacial score (nSPS) is 13.7. The lowest BCUT2D eigenvalue weighted by molar-refractivity contribution is -0.177. The molecular weight excluding hydrogens is 608 g/mol. The van der Waals surface area contributed by atoms with Crippen LogP contribution < -0.4 is 10.4 Å². The third-order valence-corrected chi connectivity index (χ3v) is 13.0. The Kier molecular flexibility index (Phi) is 13.2. The van der Waals surface area contributed by atoms with E-state index in [1.807, 2.05) is 36.4 Å². The number of nitrogens with zero attached hydrogens (tertiary/aromatic N) is 1. The summed E-state index contributed by atoms with van der Waals surface area (Å²) in [6.45, 7) is 10.9. The van der Waals surface area contributed by atoms with Gasteiger partial charge in [0.1, 0.15) is 6.10 Å². The zero-order chi connectivity index (χ0) is 34.0. The summed E-state index contributed by atoms with van der Waals surface area (Å²) in [4.78, 5) is 27.6. The second kappa shape index (κ2) is 16.4. The van der Waals surface area contributed by atoms with E-state index in [1.165, 1.54) is 11.8 Å². The maximum absolute atomic E-state index is 15.1. The van der Waals surface area contributed by atoms with E-state index in [0.717, 1.165) is 15.9 Å². The van der Waals surface area contributed by atoms with Gasteiger partial charge in [0.25, 0.3) is 8.32 Å². The van der Waals surface area contributed by atoms with E-state index < -0.39 is 44.9 Å². The van der Waals surface area contributed by atoms with E-state index in [0.29, 0.717) is 0 Å². The van der Waals surface area contributed by atoms with Crippen LogP contribution in [0.5, 0.6) is 0 Å². The van der Waals surface area contributed by atoms with Gasteiger partial charge in [-0.1, -0.05) is 119 Å². The lowest BCUT2D eigenvalue weighted by Gasteiger charge is -2.43. The Morgan fingerprint density at radius 2 is 1.37 bits per heavy atom. The molecule has 0 radical (unpaired) electrons. The molecule has 2 atom stereocenters. The Labute approximate surface area is 272 Å². The molecule has 0 bridgehead atoms. The Balaban J connectivity index is 1.72. The number of ketones is 1. The van der Waals surface area contributed by atoms with Gasteiger partial charge in [-0.05, 0) is 41.2 Å². The van der Waals surface area contributed by atoms with Crippen LogP contribution in [0.15, 0.2) is 91.0 Å². The van der Waals surface area contributed by atoms with Crippen LogP contribution in [0.4, 0.5) is 13.6 Å². The lowest BCUT2D eigenvalue weighted by Crippen LogP contribution is -2.67. The van der Waals surface area contributed by atoms with E-state index in [9.17, 15) is 14.7 Å². The van der Waals surface area contributed by atoms with Crippen LogP contribution in [0.1, 0.15) is 53.5 Å². The second-order valence-corrected chi connectivity index (χ2v) is 16.9. The molecule has 0 heterocycles. The van der Waals surface area contributed by atoms with E-state index >= 15 is 8.78 Å². The first-order chi connectivity index (χ1) is 21.8. The van der Waals surface area contributed by atoms with E-state index in [2.05, 4.69) is 45.0 Å². The predicted molar refractivity (Wildman–Crippen MR) is 178 cm³/mol. The largest absolute Gasteiger partial charge is 0.438 e. The van der Waals surface area contributed by atoms with Crippen molar-refractivity contribution in [3.63, 3.8) is 0 Å². The fourth-order valence-electron chi connectivity index (χ4n) is 5.48. The molecule has 1 amide bonds. The molecule has 1 N–H and O–H groups in total. The summed E-state index contributed by atoms with van der Waals surface area (Å²) in [5.41, 5.74) is 0.734. The molecular formula is C36H47F2NO6Si. The minimum absolute atomic E-state index is 0.00627. The lowest BCUT2D eigenvalue weighted by atomic mass is 10.0. The van der Waals surface area contributed by atoms with Crippen molar-refractivity contribution in [2.45, 2.75) is 83.8 Å². The summed E-state index contributed by atoms with van der Waals surface area (Å²) in [6.07, 6.45) is -5.27. The molecule has 3 rings (SSSR count). The van der Waals surface area contributed by atoms with Crippen molar-refractivity contribution in [2.75, 3.05) is 19.8 Å². The number of rotatable bonds is 16. The number of alkyl halides is 2. The number of halogens is 2. The molecule has 7 nitrogen and oxygen atoms in total. The third-order valence-electron chi connectivity index (χ3n) is 7.97. The summed E-state index contributed by atoms with van der Waals surface area (Å²) in [6, 6.07) is 28.6. The average molecular weight is 656 g/mol. The molecule has 250 valence electrons. The molecule has 0 fully saturated rings. The molecule has 2 unspecified atom stereocenters. The fraction of sp³-hybridized carbons (Fsp3) is 0.444. The minimum atomic E-state index is -4.19. The van der Waals surface area contributed by atoms with E-state index in [1.54, 1.807) is 44.2 Å². The molecule has 0 aliphatic carbocycles. The molecule has 3 aromatic rings. The van der Waals surface area contributed by atoms with Crippen LogP contribution in [-0.2, 0) is 25.3 Å². The number of carbonyl (C=O) groups excluding carboxylic acids is 2. The van der Waals surface area contributed by atoms with Crippen molar-refractivity contribution < 1.29 is 37.4 Å². The van der Waals surface area contributed by atoms with Gasteiger partial charge in [-0.25, -0.2) is 4.79 Å². The third kappa shape index (κ3) is 8.88. The second-order valence-electron chi connectivity index (χ2n) is 12.6. The van der Waals surface area contributed by atoms with Gasteiger partial charge in [0.05, 0.1) is 19.8 Å². The first kappa shape index (κ1) is 37.0. The summed E-state index contributed by atoms with van der Waals surface area (Å²) < 4.78 is 47.6. The number of Topliss-reactive ketones (excluding diaryl/α,β-unsaturated/α-hetero) is 1. The summed E-state index contributed by atoms with van der Waals surface area (Å²) >= 11 is 0. The highest BCUT2D eigenvalue weighted by Gasteiger charge is 2.51. The monoisotopic (exact) mass is 655 g/mol. The highest BCUT2D eigenvalue weighted by Crippen LogP contribution is 2.36. The smallest absolute Gasteiger partial charge is 0.410 e. The van der Waals surface area contributed by atoms with Gasteiger partial charge in [-0.3, -0.25) is 4.79 Å². The van der Waals surface area contributed by atoms with Gasteiger partial charge >= 0.3 is 12.0 Å². The van der Waals surface area contributed by atoms with Crippen molar-refractivity contribution in [3.05, 3.63) is 96.6 Å². The highest BCUT2D eigenvalue weighted by molar-refractivity contribution is 6.99. The van der Waals surface area contributed by atoms with Gasteiger partial charge in [-0.15, -0.1) is 0 Å². The number of benzene rings is 3. The standard InChI is InChI=1S/C36H47F2NO6Si/c1-7-31(33(41)36(37,38)32(40)26-43-25-28-17-11-8-12-18-28)45-34(42)39(27(2)3)23-24-44-46(35(4,5)6,29-19-13-9-14-20-29)30-21-15-10-16-22-30/h8-22,27,31-32,40H,7,23-26H2,1-6H3. The van der Waals surface area contributed by atoms with E-state index in [-0.39, 0.29) is 37.3 Å². The van der Waals surface area contributed by atoms with Crippen LogP contribution in [-0.4, -0.2) is 74.1 Å². The molecule has 0 aliphatic rings. The topological polar surface area (TPSA) is 85.3 Å². The van der Waals surface area contributed by atoms with Crippen molar-refractivity contribution in [1.82, 2.24) is 4.90 Å². The highest BCUT2D eigenvalue weighted by atomic mass is 28.4. The number of carbonyl (C=O) groups is 2. The number of amides is 1. The minimum Gasteiger partial charge on any atom is -0.438 e. The van der Waals surface area contributed by atoms with Gasteiger partial charge < -0.3 is 23.9 Å². The predicted octanol–water partition coefficient (Wildman–Crippen LogP) is 5.97. The van der Waals surface area contributed by atoms with Crippen molar-refractivity contribution >= 4 is 30.6 Å². The number of hydrogen-bond donors (Lipinski definition) is 1. The van der Waals surface area contributed by atoms with Crippen LogP contribution in [0.3, 0.4) is 0 Å². The SMILES string of the molecule is CCC(OC(=O)N(CCO[Si](c1ccccc1)(c1ccccc1)C(C)(C)C)C(C)C)C(=O)C(F)(F)C(O)COCc1ccccc1. The van der Waals surface area contributed by atoms with Gasteiger partial charge in [0.2, 0.25) is 5.78 Å². The van der Waals surface area contributed by atoms with Crippen molar-refractivity contribution in [3.8, 4) is 0 Å². The Hall–Kier alpha value is -3.44. The van der Waals surface area contributed by atoms with Crippen LogP contribution >= 0.6 is 0 Å². The van der Waals surface area contributed by atoms with Crippen LogP contribution in [0.2, 0.25) is 5.04 Å². The Morgan fingerprint density at radius 1 is 0.870 bits per heavy atom. The van der Waals surface area contributed by atoms with Crippen LogP contribution in [0, 0.1) is 0 Å². The zero-order valence-electron chi connectivity index (χ0n) is 27.6. The molecule has 0 aliphatic heterocycles. The summed E-state index contributed by atoms with van der Waals surface area (Å²) in [7, 11) is -2.88. The van der Waals surface area contributed by atoms with Crippen LogP contribution in [0.25, 0.3) is 0 Å². The maximum Gasteiger partial charge on any atom is 0.410 e. The first-order valence-electron chi connectivity index (χ1n) is 15.7. The molecule has 46 heavy (non-hydrogen) atoms. The average Bonchev–Trinajstić information content (AvgIpc) is 3.03. The van der Waals surface area contributed by atoms with Crippen molar-refractivity contribution in [1.29, 1.82) is 0 Å². The summed E-state index contributed by atoms with van der Waals surface area (Å²) in [5, 5.41) is 12.1. The quantitative estimate of drug-likeness (QED) is 0.192. The molecule has 0 spiro atoms. The van der Waals surface area contributed by atoms with Gasteiger partial charge in [0, 0.05) is 12.6 Å². The number of ether oxygens (including phenoxy) is 2. The molecule has 0 saturated carbocycles. The zero-order valence-corrected chi connectivity index (χ0v) is 28.6. The fourth-order valence-corrected chi connectivity index (χ4v) is 10.0. The number of aliphatic hydroxyl groups is 1. The Morgan fingerprint density at radius 3 is 1.83 bits per heavy atom. The molecule has 10 heteroatoms. The molecule has 3 aromatic carbocycles. The van der Waals surface area contributed by atoms with Gasteiger partial charge in [0.15, 0.2) is 6.10 Å². The van der Waals surface area contributed by atoms with Crippen molar-refractivity contribution in [2.24, 2.45) is 0 Å². The molecule has 0 aromatic heterocycles. The number of aliphatic hydroxyl groups excluding tert-OH is 1. The Bertz CT molecular complexity index is 1330. The molecule has 0 saturated heterocycles. The maximum atomic E-state index is 15.1. The number of hydrogen-bond acceptors (Lipinski definition) is 6. The summed E-state index contributed by atoms with van der Waals surface area (Å²) in [5.74, 6) is -5.86.